The first-order chi connectivity index (χ1) is 14.5. The second-order valence-electron chi connectivity index (χ2n) is 6.95. The quantitative estimate of drug-likeness (QED) is 0.612. The molecule has 0 radical (unpaired) electrons. The van der Waals surface area contributed by atoms with Crippen molar-refractivity contribution in [3.8, 4) is 0 Å². The molecule has 0 spiro atoms. The molecular weight excluding hydrogens is 440 g/mol. The van der Waals surface area contributed by atoms with E-state index < -0.39 is 27.7 Å². The van der Waals surface area contributed by atoms with Gasteiger partial charge in [-0.1, -0.05) is 17.7 Å². The molecule has 10 heteroatoms. The fraction of sp³-hybridized carbons (Fsp3) is 0.381. The summed E-state index contributed by atoms with van der Waals surface area (Å²) in [5, 5.41) is 5.10. The number of hydrogen-bond acceptors (Lipinski definition) is 7. The maximum atomic E-state index is 12.5. The van der Waals surface area contributed by atoms with Crippen LogP contribution in [-0.2, 0) is 19.4 Å². The van der Waals surface area contributed by atoms with Gasteiger partial charge in [-0.15, -0.1) is 11.3 Å². The predicted molar refractivity (Wildman–Crippen MR) is 119 cm³/mol. The van der Waals surface area contributed by atoms with Gasteiger partial charge in [0.15, 0.2) is 9.84 Å². The van der Waals surface area contributed by atoms with Crippen LogP contribution in [-0.4, -0.2) is 38.7 Å². The lowest BCUT2D eigenvalue weighted by Crippen LogP contribution is -2.32. The monoisotopic (exact) mass is 466 g/mol. The summed E-state index contributed by atoms with van der Waals surface area (Å²) in [6, 6.07) is 6.56. The molecule has 1 heterocycles. The molecule has 0 bridgehead atoms. The van der Waals surface area contributed by atoms with Crippen LogP contribution in [0.4, 0.5) is 9.80 Å². The molecule has 1 aromatic carbocycles. The summed E-state index contributed by atoms with van der Waals surface area (Å²) in [4.78, 5) is 37.4. The predicted octanol–water partition coefficient (Wildman–Crippen LogP) is 3.75. The zero-order valence-corrected chi connectivity index (χ0v) is 19.5. The van der Waals surface area contributed by atoms with E-state index in [9.17, 15) is 22.8 Å². The highest BCUT2D eigenvalue weighted by Gasteiger charge is 2.23. The van der Waals surface area contributed by atoms with Gasteiger partial charge in [0.1, 0.15) is 5.00 Å². The highest BCUT2D eigenvalue weighted by Crippen LogP contribution is 2.32. The van der Waals surface area contributed by atoms with Gasteiger partial charge in [-0.2, -0.15) is 0 Å². The Kier molecular flexibility index (Phi) is 8.35. The number of nitrogens with one attached hydrogen (secondary N) is 2. The molecule has 1 aromatic heterocycles. The Morgan fingerprint density at radius 2 is 1.71 bits per heavy atom. The van der Waals surface area contributed by atoms with E-state index in [1.807, 2.05) is 6.92 Å². The van der Waals surface area contributed by atoms with E-state index in [4.69, 9.17) is 4.74 Å². The van der Waals surface area contributed by atoms with Gasteiger partial charge in [0.25, 0.3) is 5.91 Å². The van der Waals surface area contributed by atoms with Gasteiger partial charge in [0.05, 0.1) is 22.8 Å². The van der Waals surface area contributed by atoms with Crippen molar-refractivity contribution in [2.24, 2.45) is 0 Å². The van der Waals surface area contributed by atoms with Gasteiger partial charge in [-0.05, 0) is 51.8 Å². The number of hydrogen-bond donors (Lipinski definition) is 2. The topological polar surface area (TPSA) is 119 Å². The van der Waals surface area contributed by atoms with Gasteiger partial charge in [-0.3, -0.25) is 14.9 Å². The average molecular weight is 467 g/mol. The fourth-order valence-corrected chi connectivity index (χ4v) is 5.17. The molecule has 0 aliphatic rings. The highest BCUT2D eigenvalue weighted by atomic mass is 32.2. The first-order valence-corrected chi connectivity index (χ1v) is 12.2. The molecule has 31 heavy (non-hydrogen) atoms. The van der Waals surface area contributed by atoms with Crippen LogP contribution >= 0.6 is 11.3 Å². The van der Waals surface area contributed by atoms with E-state index in [0.717, 1.165) is 10.4 Å². The number of aryl methyl sites for hydroxylation is 2. The molecule has 0 saturated carbocycles. The summed E-state index contributed by atoms with van der Waals surface area (Å²) in [6.07, 6.45) is -0.759. The maximum Gasteiger partial charge on any atom is 0.414 e. The molecule has 0 saturated heterocycles. The molecular formula is C21H26N2O6S2. The van der Waals surface area contributed by atoms with Gasteiger partial charge in [-0.25, -0.2) is 13.2 Å². The van der Waals surface area contributed by atoms with Crippen molar-refractivity contribution in [1.82, 2.24) is 5.32 Å². The van der Waals surface area contributed by atoms with Crippen LogP contribution in [0.5, 0.6) is 0 Å². The van der Waals surface area contributed by atoms with Crippen LogP contribution in [0.15, 0.2) is 29.2 Å². The van der Waals surface area contributed by atoms with Crippen LogP contribution in [0.25, 0.3) is 0 Å². The van der Waals surface area contributed by atoms with Gasteiger partial charge in [0, 0.05) is 11.3 Å². The molecule has 0 atom stereocenters. The van der Waals surface area contributed by atoms with Crippen LogP contribution in [0.2, 0.25) is 0 Å². The largest absolute Gasteiger partial charge is 0.450 e. The van der Waals surface area contributed by atoms with Crippen molar-refractivity contribution >= 4 is 44.1 Å². The number of carbonyl (C=O) groups excluding carboxylic acids is 3. The summed E-state index contributed by atoms with van der Waals surface area (Å²) < 4.78 is 29.5. The van der Waals surface area contributed by atoms with E-state index in [0.29, 0.717) is 10.6 Å². The van der Waals surface area contributed by atoms with Crippen molar-refractivity contribution in [3.63, 3.8) is 0 Å². The van der Waals surface area contributed by atoms with E-state index in [2.05, 4.69) is 10.6 Å². The number of anilines is 1. The summed E-state index contributed by atoms with van der Waals surface area (Å²) in [7, 11) is -3.48. The fourth-order valence-electron chi connectivity index (χ4n) is 2.79. The minimum atomic E-state index is -3.48. The third-order valence-corrected chi connectivity index (χ3v) is 7.49. The van der Waals surface area contributed by atoms with Crippen molar-refractivity contribution in [2.45, 2.75) is 45.4 Å². The smallest absolute Gasteiger partial charge is 0.414 e. The lowest BCUT2D eigenvalue weighted by Gasteiger charge is -2.08. The number of benzene rings is 1. The van der Waals surface area contributed by atoms with E-state index in [-0.39, 0.29) is 35.7 Å². The normalized spacial score (nSPS) is 11.1. The number of ether oxygens (including phenoxy) is 1. The number of sulfone groups is 1. The Morgan fingerprint density at radius 1 is 1.06 bits per heavy atom. The van der Waals surface area contributed by atoms with Crippen LogP contribution < -0.4 is 10.6 Å². The van der Waals surface area contributed by atoms with Crippen molar-refractivity contribution < 1.29 is 27.5 Å². The second kappa shape index (κ2) is 10.5. The van der Waals surface area contributed by atoms with Crippen LogP contribution in [0, 0.1) is 20.8 Å². The van der Waals surface area contributed by atoms with Crippen molar-refractivity contribution in [2.75, 3.05) is 17.7 Å². The first kappa shape index (κ1) is 24.5. The standard InChI is InChI=1S/C21H26N2O6S2/c1-5-29-21(26)23-19(25)18-14(3)15(4)30-20(18)22-17(24)7-6-12-31(27,28)16-10-8-13(2)9-11-16/h8-11H,5-7,12H2,1-4H3,(H,22,24)(H,23,25,26). The molecule has 0 fully saturated rings. The molecule has 0 aliphatic heterocycles. The van der Waals surface area contributed by atoms with Gasteiger partial charge < -0.3 is 10.1 Å². The number of carbonyl (C=O) groups is 3. The zero-order valence-electron chi connectivity index (χ0n) is 17.9. The van der Waals surface area contributed by atoms with Gasteiger partial charge in [0.2, 0.25) is 5.91 Å². The zero-order chi connectivity index (χ0) is 23.2. The maximum absolute atomic E-state index is 12.5. The third kappa shape index (κ3) is 6.63. The summed E-state index contributed by atoms with van der Waals surface area (Å²) in [6.45, 7) is 7.13. The third-order valence-electron chi connectivity index (χ3n) is 4.55. The Labute approximate surface area is 185 Å². The van der Waals surface area contributed by atoms with E-state index >= 15 is 0 Å². The van der Waals surface area contributed by atoms with Gasteiger partial charge >= 0.3 is 6.09 Å². The Balaban J connectivity index is 2.01. The van der Waals surface area contributed by atoms with Crippen molar-refractivity contribution in [1.29, 1.82) is 0 Å². The van der Waals surface area contributed by atoms with Crippen LogP contribution in [0.3, 0.4) is 0 Å². The Morgan fingerprint density at radius 3 is 2.32 bits per heavy atom. The van der Waals surface area contributed by atoms with E-state index in [1.165, 1.54) is 11.3 Å². The van der Waals surface area contributed by atoms with E-state index in [1.54, 1.807) is 45.0 Å². The SMILES string of the molecule is CCOC(=O)NC(=O)c1c(NC(=O)CCCS(=O)(=O)c2ccc(C)cc2)sc(C)c1C. The number of thiophene rings is 1. The molecule has 3 amide bonds. The minimum Gasteiger partial charge on any atom is -0.450 e. The Bertz CT molecular complexity index is 1070. The highest BCUT2D eigenvalue weighted by molar-refractivity contribution is 7.91. The number of rotatable bonds is 8. The number of amides is 3. The molecule has 168 valence electrons. The Hall–Kier alpha value is -2.72. The molecule has 2 aromatic rings. The molecule has 2 N–H and O–H groups in total. The first-order valence-electron chi connectivity index (χ1n) is 9.72. The summed E-state index contributed by atoms with van der Waals surface area (Å²) in [5.74, 6) is -1.24. The molecule has 0 aliphatic carbocycles. The number of alkyl carbamates (subject to hydrolysis) is 1. The molecule has 2 rings (SSSR count). The van der Waals surface area contributed by atoms with Crippen LogP contribution in [0.1, 0.15) is 46.1 Å². The summed E-state index contributed by atoms with van der Waals surface area (Å²) in [5.41, 5.74) is 1.79. The minimum absolute atomic E-state index is 0.0278. The van der Waals surface area contributed by atoms with Crippen molar-refractivity contribution in [3.05, 3.63) is 45.8 Å². The lowest BCUT2D eigenvalue weighted by molar-refractivity contribution is -0.116. The summed E-state index contributed by atoms with van der Waals surface area (Å²) >= 11 is 1.21. The lowest BCUT2D eigenvalue weighted by atomic mass is 10.1. The average Bonchev–Trinajstić information content (AvgIpc) is 2.95. The molecule has 8 nitrogen and oxygen atoms in total. The number of imide groups is 1. The molecule has 0 unspecified atom stereocenters. The second-order valence-corrected chi connectivity index (χ2v) is 10.3.